The maximum Gasteiger partial charge on any atom is 0.332 e. The van der Waals surface area contributed by atoms with Gasteiger partial charge in [-0.05, 0) is 47.5 Å². The summed E-state index contributed by atoms with van der Waals surface area (Å²) >= 11 is 0. The van der Waals surface area contributed by atoms with Gasteiger partial charge in [0.1, 0.15) is 6.10 Å². The molecular weight excluding hydrogens is 468 g/mol. The van der Waals surface area contributed by atoms with Crippen molar-refractivity contribution in [3.05, 3.63) is 100 Å². The molecule has 180 valence electrons. The van der Waals surface area contributed by atoms with Crippen LogP contribution in [0.25, 0.3) is 0 Å². The van der Waals surface area contributed by atoms with E-state index in [1.807, 2.05) is 0 Å². The van der Waals surface area contributed by atoms with Crippen LogP contribution < -0.4 is 0 Å². The Balaban J connectivity index is 1.51. The number of rotatable bonds is 6. The van der Waals surface area contributed by atoms with Gasteiger partial charge in [-0.1, -0.05) is 18.2 Å². The van der Waals surface area contributed by atoms with E-state index in [1.165, 1.54) is 23.2 Å². The molecule has 35 heavy (non-hydrogen) atoms. The molecule has 2 aliphatic rings. The quantitative estimate of drug-likeness (QED) is 0.422. The van der Waals surface area contributed by atoms with E-state index in [0.29, 0.717) is 16.1 Å². The number of amides is 1. The lowest BCUT2D eigenvalue weighted by Crippen LogP contribution is -2.33. The van der Waals surface area contributed by atoms with Crippen LogP contribution in [0.5, 0.6) is 0 Å². The van der Waals surface area contributed by atoms with Crippen LogP contribution in [0.3, 0.4) is 0 Å². The molecule has 1 N–H and O–H groups in total. The Morgan fingerprint density at radius 1 is 1.03 bits per heavy atom. The average Bonchev–Trinajstić information content (AvgIpc) is 3.48. The van der Waals surface area contributed by atoms with Gasteiger partial charge in [0, 0.05) is 23.9 Å². The summed E-state index contributed by atoms with van der Waals surface area (Å²) in [5.74, 6) is -2.72. The smallest absolute Gasteiger partial charge is 0.332 e. The normalized spacial score (nSPS) is 16.9. The first kappa shape index (κ1) is 22.8. The maximum atomic E-state index is 14.1. The van der Waals surface area contributed by atoms with Crippen molar-refractivity contribution in [1.29, 1.82) is 0 Å². The third-order valence-electron chi connectivity index (χ3n) is 5.88. The van der Waals surface area contributed by atoms with E-state index in [-0.39, 0.29) is 29.3 Å². The minimum Gasteiger partial charge on any atom is -0.453 e. The highest BCUT2D eigenvalue weighted by molar-refractivity contribution is 6.02. The second-order valence-corrected chi connectivity index (χ2v) is 8.02. The van der Waals surface area contributed by atoms with Crippen molar-refractivity contribution in [1.82, 2.24) is 14.9 Å². The van der Waals surface area contributed by atoms with Gasteiger partial charge >= 0.3 is 6.55 Å². The van der Waals surface area contributed by atoms with E-state index >= 15 is 0 Å². The molecule has 11 heteroatoms. The molecule has 0 radical (unpaired) electrons. The molecule has 5 rings (SSSR count). The molecule has 0 bridgehead atoms. The van der Waals surface area contributed by atoms with Crippen LogP contribution >= 0.6 is 0 Å². The van der Waals surface area contributed by atoms with Gasteiger partial charge in [0.2, 0.25) is 5.90 Å². The van der Waals surface area contributed by atoms with Crippen LogP contribution in [0, 0.1) is 11.6 Å². The molecule has 2 unspecified atom stereocenters. The topological polar surface area (TPSA) is 78.3 Å². The number of hydrogen-bond donors (Lipinski definition) is 1. The van der Waals surface area contributed by atoms with Crippen LogP contribution in [0.2, 0.25) is 0 Å². The summed E-state index contributed by atoms with van der Waals surface area (Å²) in [4.78, 5) is 18.9. The molecule has 0 saturated carbocycles. The third-order valence-corrected chi connectivity index (χ3v) is 5.88. The van der Waals surface area contributed by atoms with Crippen LogP contribution in [-0.2, 0) is 11.3 Å². The van der Waals surface area contributed by atoms with E-state index in [2.05, 4.69) is 10.1 Å². The number of alkyl halides is 2. The minimum atomic E-state index is -2.83. The van der Waals surface area contributed by atoms with Crippen LogP contribution in [-0.4, -0.2) is 45.1 Å². The Morgan fingerprint density at radius 3 is 2.54 bits per heavy atom. The molecule has 0 spiro atoms. The van der Waals surface area contributed by atoms with Gasteiger partial charge in [-0.25, -0.2) is 8.78 Å². The summed E-state index contributed by atoms with van der Waals surface area (Å²) in [6, 6.07) is 11.7. The van der Waals surface area contributed by atoms with Gasteiger partial charge in [0.15, 0.2) is 18.4 Å². The van der Waals surface area contributed by atoms with E-state index in [0.717, 1.165) is 12.1 Å². The van der Waals surface area contributed by atoms with Gasteiger partial charge in [-0.15, -0.1) is 5.10 Å². The molecule has 0 saturated heterocycles. The van der Waals surface area contributed by atoms with E-state index in [9.17, 15) is 27.5 Å². The molecule has 7 nitrogen and oxygen atoms in total. The van der Waals surface area contributed by atoms with Gasteiger partial charge in [-0.2, -0.15) is 13.8 Å². The first-order chi connectivity index (χ1) is 16.8. The second kappa shape index (κ2) is 8.99. The summed E-state index contributed by atoms with van der Waals surface area (Å²) in [5, 5.41) is 15.4. The number of carbonyl (C=O) groups is 1. The Hall–Kier alpha value is -3.99. The molecule has 1 amide bonds. The highest BCUT2D eigenvalue weighted by atomic mass is 19.3. The molecule has 0 aliphatic carbocycles. The number of hydrazone groups is 1. The van der Waals surface area contributed by atoms with Crippen molar-refractivity contribution in [2.24, 2.45) is 5.10 Å². The zero-order chi connectivity index (χ0) is 24.7. The van der Waals surface area contributed by atoms with Gasteiger partial charge in [-0.3, -0.25) is 9.78 Å². The van der Waals surface area contributed by atoms with Gasteiger partial charge in [0.25, 0.3) is 5.91 Å². The largest absolute Gasteiger partial charge is 0.453 e. The van der Waals surface area contributed by atoms with E-state index < -0.39 is 43.0 Å². The lowest BCUT2D eigenvalue weighted by molar-refractivity contribution is -0.0470. The van der Waals surface area contributed by atoms with Gasteiger partial charge < -0.3 is 14.7 Å². The summed E-state index contributed by atoms with van der Waals surface area (Å²) in [5.41, 5.74) is 1.61. The van der Waals surface area contributed by atoms with Crippen LogP contribution in [0.15, 0.2) is 65.9 Å². The van der Waals surface area contributed by atoms with Crippen molar-refractivity contribution in [3.8, 4) is 0 Å². The summed E-state index contributed by atoms with van der Waals surface area (Å²) < 4.78 is 58.7. The number of pyridine rings is 1. The number of aromatic nitrogens is 1. The molecule has 0 fully saturated rings. The van der Waals surface area contributed by atoms with Crippen LogP contribution in [0.1, 0.15) is 44.9 Å². The van der Waals surface area contributed by atoms with Crippen LogP contribution in [0.4, 0.5) is 17.6 Å². The number of aliphatic hydroxyl groups excluding tert-OH is 1. The summed E-state index contributed by atoms with van der Waals surface area (Å²) in [7, 11) is 0. The highest BCUT2D eigenvalue weighted by Crippen LogP contribution is 2.39. The van der Waals surface area contributed by atoms with Crippen molar-refractivity contribution >= 4 is 11.8 Å². The molecule has 2 aromatic carbocycles. The van der Waals surface area contributed by atoms with Crippen molar-refractivity contribution in [3.63, 3.8) is 0 Å². The predicted molar refractivity (Wildman–Crippen MR) is 115 cm³/mol. The molecule has 3 heterocycles. The monoisotopic (exact) mass is 486 g/mol. The lowest BCUT2D eigenvalue weighted by atomic mass is 9.96. The van der Waals surface area contributed by atoms with Crippen molar-refractivity contribution in [2.75, 3.05) is 6.73 Å². The Morgan fingerprint density at radius 2 is 1.86 bits per heavy atom. The molecule has 1 aromatic heterocycles. The number of aliphatic hydroxyl groups is 1. The minimum absolute atomic E-state index is 0.0509. The molecule has 2 aliphatic heterocycles. The number of carbonyl (C=O) groups excluding carboxylic acids is 1. The number of ether oxygens (including phenoxy) is 1. The van der Waals surface area contributed by atoms with E-state index in [4.69, 9.17) is 4.74 Å². The zero-order valence-electron chi connectivity index (χ0n) is 18.0. The summed E-state index contributed by atoms with van der Waals surface area (Å²) in [6.45, 7) is -3.18. The maximum absolute atomic E-state index is 14.1. The third kappa shape index (κ3) is 4.18. The second-order valence-electron chi connectivity index (χ2n) is 8.02. The lowest BCUT2D eigenvalue weighted by Gasteiger charge is -2.32. The average molecular weight is 486 g/mol. The van der Waals surface area contributed by atoms with Crippen molar-refractivity contribution in [2.45, 2.75) is 25.2 Å². The molecule has 2 atom stereocenters. The highest BCUT2D eigenvalue weighted by Gasteiger charge is 2.39. The first-order valence-corrected chi connectivity index (χ1v) is 10.6. The predicted octanol–water partition coefficient (Wildman–Crippen LogP) is 3.96. The fraction of sp³-hybridized carbons (Fsp3) is 0.208. The zero-order valence-corrected chi connectivity index (χ0v) is 18.0. The fourth-order valence-electron chi connectivity index (χ4n) is 4.17. The van der Waals surface area contributed by atoms with Crippen molar-refractivity contribution < 1.29 is 32.2 Å². The SMILES string of the molecule is O=C1c2cc(C3=NN(C(F)F)CO3)ccc2CN1C(c1ccc(F)c(F)c1)C(O)c1ccccn1. The first-order valence-electron chi connectivity index (χ1n) is 10.6. The fourth-order valence-corrected chi connectivity index (χ4v) is 4.17. The number of fused-ring (bicyclic) bond motifs is 1. The Bertz CT molecular complexity index is 1310. The Labute approximate surface area is 196 Å². The van der Waals surface area contributed by atoms with Gasteiger partial charge in [0.05, 0.1) is 11.7 Å². The number of nitrogens with zero attached hydrogens (tertiary/aromatic N) is 4. The standard InChI is InChI=1S/C24H18F4N4O3/c25-17-7-6-13(10-18(17)26)20(21(33)19-3-1-2-8-29-19)31-11-15-5-4-14(9-16(15)23(31)34)22-30-32(12-35-22)24(27)28/h1-10,20-21,24,33H,11-12H2. The molecule has 3 aromatic rings. The molecular formula is C24H18F4N4O3. The number of halogens is 4. The summed E-state index contributed by atoms with van der Waals surface area (Å²) in [6.07, 6.45) is 0.125. The number of hydrogen-bond acceptors (Lipinski definition) is 6. The van der Waals surface area contributed by atoms with E-state index in [1.54, 1.807) is 30.3 Å². The number of benzene rings is 2. The Kier molecular flexibility index (Phi) is 5.85.